The van der Waals surface area contributed by atoms with Crippen molar-refractivity contribution in [1.82, 2.24) is 9.55 Å². The molecule has 0 spiro atoms. The van der Waals surface area contributed by atoms with Crippen LogP contribution < -0.4 is 30.7 Å². The number of ether oxygens (including phenoxy) is 2. The third-order valence-electron chi connectivity index (χ3n) is 4.65. The summed E-state index contributed by atoms with van der Waals surface area (Å²) in [5.74, 6) is 2.49. The van der Waals surface area contributed by atoms with Crippen LogP contribution in [0.15, 0.2) is 59.4 Å². The molecule has 4 rings (SSSR count). The first-order valence-corrected chi connectivity index (χ1v) is 9.13. The molecule has 0 fully saturated rings. The largest absolute Gasteiger partial charge is 0.497 e. The molecule has 0 unspecified atom stereocenters. The smallest absolute Gasteiger partial charge is 0.357 e. The number of hydrogen-bond donors (Lipinski definition) is 3. The van der Waals surface area contributed by atoms with E-state index >= 15 is 0 Å². The van der Waals surface area contributed by atoms with Gasteiger partial charge in [0.25, 0.3) is 11.5 Å². The van der Waals surface area contributed by atoms with Gasteiger partial charge in [0, 0.05) is 11.8 Å². The zero-order valence-corrected chi connectivity index (χ0v) is 16.4. The molecule has 1 aliphatic heterocycles. The average molecular weight is 392 g/mol. The predicted octanol–water partition coefficient (Wildman–Crippen LogP) is 1.09. The van der Waals surface area contributed by atoms with E-state index in [1.807, 2.05) is 48.5 Å². The van der Waals surface area contributed by atoms with Gasteiger partial charge in [0.2, 0.25) is 0 Å². The van der Waals surface area contributed by atoms with Crippen LogP contribution in [-0.4, -0.2) is 29.7 Å². The number of anilines is 2. The fourth-order valence-electron chi connectivity index (χ4n) is 3.29. The van der Waals surface area contributed by atoms with Crippen molar-refractivity contribution >= 4 is 17.6 Å². The van der Waals surface area contributed by atoms with Gasteiger partial charge in [-0.3, -0.25) is 9.79 Å². The van der Waals surface area contributed by atoms with E-state index in [1.54, 1.807) is 25.7 Å². The summed E-state index contributed by atoms with van der Waals surface area (Å²) in [6, 6.07) is 16.6. The first-order valence-electron chi connectivity index (χ1n) is 9.13. The van der Waals surface area contributed by atoms with Crippen LogP contribution in [0.5, 0.6) is 11.5 Å². The van der Waals surface area contributed by atoms with E-state index in [9.17, 15) is 4.79 Å². The van der Waals surface area contributed by atoms with E-state index < -0.39 is 6.17 Å². The number of para-hydroxylation sites is 1. The molecule has 0 bridgehead atoms. The summed E-state index contributed by atoms with van der Waals surface area (Å²) in [6.45, 7) is 1.79. The van der Waals surface area contributed by atoms with Gasteiger partial charge in [-0.2, -0.15) is 0 Å². The molecule has 8 nitrogen and oxygen atoms in total. The Labute approximate surface area is 167 Å². The van der Waals surface area contributed by atoms with Gasteiger partial charge in [-0.05, 0) is 43.3 Å². The molecule has 2 aromatic carbocycles. The Morgan fingerprint density at radius 1 is 1.10 bits per heavy atom. The second-order valence-corrected chi connectivity index (χ2v) is 6.57. The van der Waals surface area contributed by atoms with Gasteiger partial charge in [0.15, 0.2) is 6.17 Å². The highest BCUT2D eigenvalue weighted by Gasteiger charge is 2.30. The average Bonchev–Trinajstić information content (AvgIpc) is 2.73. The summed E-state index contributed by atoms with van der Waals surface area (Å²) in [4.78, 5) is 20.6. The van der Waals surface area contributed by atoms with E-state index in [0.29, 0.717) is 23.4 Å². The molecule has 1 aromatic heterocycles. The summed E-state index contributed by atoms with van der Waals surface area (Å²) in [7, 11) is 3.24. The van der Waals surface area contributed by atoms with Gasteiger partial charge >= 0.3 is 5.96 Å². The number of rotatable bonds is 4. The van der Waals surface area contributed by atoms with Gasteiger partial charge < -0.3 is 9.47 Å². The molecule has 3 N–H and O–H groups in total. The number of aryl methyl sites for hydroxylation is 1. The van der Waals surface area contributed by atoms with E-state index in [-0.39, 0.29) is 5.56 Å². The first-order chi connectivity index (χ1) is 14.1. The Bertz CT molecular complexity index is 1120. The highest BCUT2D eigenvalue weighted by molar-refractivity contribution is 5.99. The Morgan fingerprint density at radius 3 is 2.59 bits per heavy atom. The zero-order chi connectivity index (χ0) is 20.4. The minimum atomic E-state index is -0.497. The summed E-state index contributed by atoms with van der Waals surface area (Å²) in [5.41, 5.74) is 2.15. The van der Waals surface area contributed by atoms with E-state index in [4.69, 9.17) is 9.47 Å². The number of guanidine groups is 1. The second-order valence-electron chi connectivity index (χ2n) is 6.57. The van der Waals surface area contributed by atoms with Crippen molar-refractivity contribution in [1.29, 1.82) is 0 Å². The highest BCUT2D eigenvalue weighted by Crippen LogP contribution is 2.25. The number of aromatic nitrogens is 2. The van der Waals surface area contributed by atoms with Gasteiger partial charge in [0.1, 0.15) is 11.5 Å². The maximum Gasteiger partial charge on any atom is 0.357 e. The molecule has 1 aliphatic rings. The summed E-state index contributed by atoms with van der Waals surface area (Å²) < 4.78 is 12.3. The number of methoxy groups -OCH3 is 2. The maximum absolute atomic E-state index is 12.8. The minimum Gasteiger partial charge on any atom is -0.497 e. The molecule has 0 aliphatic carbocycles. The number of nitrogens with zero attached hydrogens (tertiary/aromatic N) is 2. The summed E-state index contributed by atoms with van der Waals surface area (Å²) in [6.07, 6.45) is -0.497. The van der Waals surface area contributed by atoms with Crippen LogP contribution in [0.4, 0.5) is 11.6 Å². The van der Waals surface area contributed by atoms with E-state index in [0.717, 1.165) is 17.0 Å². The summed E-state index contributed by atoms with van der Waals surface area (Å²) >= 11 is 0. The van der Waals surface area contributed by atoms with Crippen LogP contribution in [-0.2, 0) is 0 Å². The minimum absolute atomic E-state index is 0.160. The number of fused-ring (bicyclic) bond motifs is 1. The third kappa shape index (κ3) is 3.64. The second kappa shape index (κ2) is 7.67. The predicted molar refractivity (Wildman–Crippen MR) is 111 cm³/mol. The Morgan fingerprint density at radius 2 is 1.86 bits per heavy atom. The highest BCUT2D eigenvalue weighted by atomic mass is 16.5. The SMILES string of the molecule is COc1ccc(NC2=[NH+][C@@H](c3ccccc3OC)n3c(nc(C)cc3=O)N2)cc1. The van der Waals surface area contributed by atoms with Crippen LogP contribution in [0, 0.1) is 6.92 Å². The maximum atomic E-state index is 12.8. The lowest BCUT2D eigenvalue weighted by atomic mass is 10.1. The fraction of sp³-hybridized carbons (Fsp3) is 0.190. The molecule has 8 heteroatoms. The lowest BCUT2D eigenvalue weighted by Gasteiger charge is -2.24. The van der Waals surface area contributed by atoms with Crippen LogP contribution in [0.3, 0.4) is 0 Å². The van der Waals surface area contributed by atoms with Crippen LogP contribution >= 0.6 is 0 Å². The molecule has 0 saturated carbocycles. The molecular weight excluding hydrogens is 370 g/mol. The quantitative estimate of drug-likeness (QED) is 0.616. The van der Waals surface area contributed by atoms with Gasteiger partial charge in [-0.25, -0.2) is 20.2 Å². The molecule has 0 amide bonds. The van der Waals surface area contributed by atoms with Crippen molar-refractivity contribution in [2.45, 2.75) is 13.1 Å². The fourth-order valence-corrected chi connectivity index (χ4v) is 3.29. The normalized spacial score (nSPS) is 15.0. The molecule has 0 saturated heterocycles. The lowest BCUT2D eigenvalue weighted by molar-refractivity contribution is -0.520. The van der Waals surface area contributed by atoms with E-state index in [1.165, 1.54) is 6.07 Å². The van der Waals surface area contributed by atoms with Crippen molar-refractivity contribution in [2.75, 3.05) is 24.9 Å². The number of nitrogens with one attached hydrogen (secondary N) is 3. The van der Waals surface area contributed by atoms with Gasteiger partial charge in [0.05, 0.1) is 25.5 Å². The van der Waals surface area contributed by atoms with Crippen molar-refractivity contribution in [3.8, 4) is 11.5 Å². The molecule has 29 heavy (non-hydrogen) atoms. The zero-order valence-electron chi connectivity index (χ0n) is 16.4. The van der Waals surface area contributed by atoms with Crippen molar-refractivity contribution in [3.63, 3.8) is 0 Å². The molecular formula is C21H22N5O3+. The molecule has 3 aromatic rings. The Hall–Kier alpha value is -3.81. The topological polar surface area (TPSA) is 91.4 Å². The summed E-state index contributed by atoms with van der Waals surface area (Å²) in [5, 5.41) is 6.46. The van der Waals surface area contributed by atoms with Gasteiger partial charge in [-0.15, -0.1) is 0 Å². The van der Waals surface area contributed by atoms with Crippen LogP contribution in [0.25, 0.3) is 0 Å². The standard InChI is InChI=1S/C21H21N5O3/c1-13-12-18(27)26-19(16-6-4-5-7-17(16)29-3)24-20(25-21(26)22-13)23-14-8-10-15(28-2)11-9-14/h4-12,19H,1-3H3,(H2,22,23,24,25)/p+1/t19-/m1/s1. The Balaban J connectivity index is 1.79. The number of benzene rings is 2. The third-order valence-corrected chi connectivity index (χ3v) is 4.65. The van der Waals surface area contributed by atoms with E-state index in [2.05, 4.69) is 20.6 Å². The van der Waals surface area contributed by atoms with Crippen LogP contribution in [0.1, 0.15) is 17.4 Å². The van der Waals surface area contributed by atoms with Gasteiger partial charge in [-0.1, -0.05) is 12.1 Å². The number of hydrogen-bond acceptors (Lipinski definition) is 6. The molecule has 2 heterocycles. The monoisotopic (exact) mass is 392 g/mol. The van der Waals surface area contributed by atoms with Crippen LogP contribution in [0.2, 0.25) is 0 Å². The Kier molecular flexibility index (Phi) is 4.90. The molecule has 0 radical (unpaired) electrons. The molecule has 148 valence electrons. The van der Waals surface area contributed by atoms with Crippen molar-refractivity contribution in [3.05, 3.63) is 76.2 Å². The first kappa shape index (κ1) is 18.5. The molecule has 1 atom stereocenters. The lowest BCUT2D eigenvalue weighted by Crippen LogP contribution is -2.82. The van der Waals surface area contributed by atoms with Crippen molar-refractivity contribution in [2.24, 2.45) is 0 Å². The van der Waals surface area contributed by atoms with Crippen molar-refractivity contribution < 1.29 is 14.5 Å².